The molecule has 0 aromatic rings. The molecule has 4 nitrogen and oxygen atoms in total. The maximum atomic E-state index is 4.76. The van der Waals surface area contributed by atoms with Crippen molar-refractivity contribution in [2.45, 2.75) is 0 Å². The third kappa shape index (κ3) is 4.40. The molecule has 0 aromatic carbocycles. The van der Waals surface area contributed by atoms with Crippen LogP contribution >= 0.6 is 0 Å². The highest BCUT2D eigenvalue weighted by atomic mass is 16.7. The van der Waals surface area contributed by atoms with Crippen LogP contribution in [0.4, 0.5) is 0 Å². The van der Waals surface area contributed by atoms with Gasteiger partial charge in [-0.1, -0.05) is 0 Å². The van der Waals surface area contributed by atoms with Gasteiger partial charge in [0.2, 0.25) is 0 Å². The number of hydrogen-bond acceptors (Lipinski definition) is 4. The molecule has 12 heavy (non-hydrogen) atoms. The van der Waals surface area contributed by atoms with Gasteiger partial charge in [0.05, 0.1) is 12.9 Å². The van der Waals surface area contributed by atoms with E-state index in [0.717, 1.165) is 0 Å². The first-order valence-corrected chi connectivity index (χ1v) is 3.45. The zero-order chi connectivity index (χ0) is 8.49. The molecule has 2 aliphatic heterocycles. The lowest BCUT2D eigenvalue weighted by Crippen LogP contribution is -1.99. The molecule has 0 amide bonds. The first-order chi connectivity index (χ1) is 6.00. The average Bonchev–Trinajstić information content (AvgIpc) is 2.24. The van der Waals surface area contributed by atoms with Gasteiger partial charge in [0.25, 0.3) is 0 Å². The summed E-state index contributed by atoms with van der Waals surface area (Å²) in [6.07, 6.45) is 9.30. The summed E-state index contributed by atoms with van der Waals surface area (Å²) in [7, 11) is 0. The van der Waals surface area contributed by atoms with Gasteiger partial charge in [-0.25, -0.2) is 0 Å². The Balaban J connectivity index is 0.000000120. The second kappa shape index (κ2) is 6.30. The monoisotopic (exact) mass is 170 g/mol. The van der Waals surface area contributed by atoms with Crippen molar-refractivity contribution in [2.75, 3.05) is 13.4 Å². The van der Waals surface area contributed by atoms with Gasteiger partial charge in [-0.2, -0.15) is 0 Å². The van der Waals surface area contributed by atoms with Gasteiger partial charge < -0.3 is 18.9 Å². The lowest BCUT2D eigenvalue weighted by atomic mass is 10.7. The van der Waals surface area contributed by atoms with Gasteiger partial charge >= 0.3 is 0 Å². The standard InChI is InChI=1S/C4H4O2.C4H6O2/c1-2-6-4-3-5-1;1-2-5-4-6-3-1/h1-4H;1-2H,3-4H2. The van der Waals surface area contributed by atoms with Crippen molar-refractivity contribution in [3.63, 3.8) is 0 Å². The van der Waals surface area contributed by atoms with E-state index in [9.17, 15) is 0 Å². The van der Waals surface area contributed by atoms with E-state index in [1.54, 1.807) is 6.26 Å². The molecule has 0 bridgehead atoms. The molecule has 0 saturated carbocycles. The van der Waals surface area contributed by atoms with Crippen LogP contribution in [0.15, 0.2) is 37.4 Å². The largest absolute Gasteiger partial charge is 0.475 e. The maximum absolute atomic E-state index is 4.76. The second-order valence-corrected chi connectivity index (χ2v) is 1.84. The quantitative estimate of drug-likeness (QED) is 0.551. The van der Waals surface area contributed by atoms with Crippen LogP contribution in [0.3, 0.4) is 0 Å². The molecule has 2 rings (SSSR count). The van der Waals surface area contributed by atoms with E-state index in [0.29, 0.717) is 13.4 Å². The number of ether oxygens (including phenoxy) is 4. The molecule has 0 unspecified atom stereocenters. The second-order valence-electron chi connectivity index (χ2n) is 1.84. The fourth-order valence-electron chi connectivity index (χ4n) is 0.530. The van der Waals surface area contributed by atoms with E-state index in [1.165, 1.54) is 25.0 Å². The van der Waals surface area contributed by atoms with Crippen LogP contribution in [0.25, 0.3) is 0 Å². The van der Waals surface area contributed by atoms with Crippen molar-refractivity contribution in [2.24, 2.45) is 0 Å². The normalized spacial score (nSPS) is 18.0. The molecule has 0 fully saturated rings. The summed E-state index contributed by atoms with van der Waals surface area (Å²) in [6.45, 7) is 1.11. The van der Waals surface area contributed by atoms with Crippen LogP contribution in [0.1, 0.15) is 0 Å². The average molecular weight is 170 g/mol. The van der Waals surface area contributed by atoms with Crippen molar-refractivity contribution >= 4 is 0 Å². The van der Waals surface area contributed by atoms with E-state index in [4.69, 9.17) is 4.74 Å². The van der Waals surface area contributed by atoms with Crippen LogP contribution in [0.5, 0.6) is 0 Å². The molecule has 2 heterocycles. The Bertz CT molecular complexity index is 153. The highest BCUT2D eigenvalue weighted by Crippen LogP contribution is 1.89. The molecule has 0 radical (unpaired) electrons. The summed E-state index contributed by atoms with van der Waals surface area (Å²) in [4.78, 5) is 0. The third-order valence-corrected chi connectivity index (χ3v) is 0.983. The van der Waals surface area contributed by atoms with Crippen LogP contribution in [-0.4, -0.2) is 13.4 Å². The Labute approximate surface area is 70.7 Å². The molecule has 0 atom stereocenters. The van der Waals surface area contributed by atoms with Gasteiger partial charge in [0, 0.05) is 0 Å². The SMILES string of the molecule is C1=COC=CO1.C1=COCOC1. The Morgan fingerprint density at radius 3 is 1.67 bits per heavy atom. The minimum Gasteiger partial charge on any atom is -0.475 e. The van der Waals surface area contributed by atoms with E-state index >= 15 is 0 Å². The minimum atomic E-state index is 0.413. The van der Waals surface area contributed by atoms with Gasteiger partial charge in [-0.3, -0.25) is 0 Å². The minimum absolute atomic E-state index is 0.413. The van der Waals surface area contributed by atoms with Crippen LogP contribution in [-0.2, 0) is 18.9 Å². The first-order valence-electron chi connectivity index (χ1n) is 3.45. The van der Waals surface area contributed by atoms with Crippen molar-refractivity contribution in [3.8, 4) is 0 Å². The highest BCUT2D eigenvalue weighted by Gasteiger charge is 1.84. The van der Waals surface area contributed by atoms with Gasteiger partial charge in [0.15, 0.2) is 6.79 Å². The van der Waals surface area contributed by atoms with Crippen molar-refractivity contribution in [3.05, 3.63) is 37.4 Å². The summed E-state index contributed by atoms with van der Waals surface area (Å²) >= 11 is 0. The van der Waals surface area contributed by atoms with Crippen molar-refractivity contribution in [1.29, 1.82) is 0 Å². The van der Waals surface area contributed by atoms with E-state index in [-0.39, 0.29) is 0 Å². The lowest BCUT2D eigenvalue weighted by molar-refractivity contribution is -0.0147. The molecule has 2 aliphatic rings. The molecule has 0 saturated heterocycles. The predicted octanol–water partition coefficient (Wildman–Crippen LogP) is 1.48. The molecule has 4 heteroatoms. The van der Waals surface area contributed by atoms with E-state index in [2.05, 4.69) is 14.2 Å². The van der Waals surface area contributed by atoms with Crippen LogP contribution in [0.2, 0.25) is 0 Å². The van der Waals surface area contributed by atoms with Gasteiger partial charge in [-0.15, -0.1) is 0 Å². The zero-order valence-electron chi connectivity index (χ0n) is 6.51. The Morgan fingerprint density at radius 2 is 1.50 bits per heavy atom. The third-order valence-electron chi connectivity index (χ3n) is 0.983. The molecular weight excluding hydrogens is 160 g/mol. The molecule has 0 spiro atoms. The smallest absolute Gasteiger partial charge is 0.188 e. The van der Waals surface area contributed by atoms with Crippen molar-refractivity contribution < 1.29 is 18.9 Å². The summed E-state index contributed by atoms with van der Waals surface area (Å²) in [5.41, 5.74) is 0. The molecule has 0 aliphatic carbocycles. The van der Waals surface area contributed by atoms with Gasteiger partial charge in [0.1, 0.15) is 25.0 Å². The van der Waals surface area contributed by atoms with E-state index in [1.807, 2.05) is 6.08 Å². The Hall–Kier alpha value is -1.42. The Kier molecular flexibility index (Phi) is 4.55. The van der Waals surface area contributed by atoms with Crippen LogP contribution < -0.4 is 0 Å². The fourth-order valence-corrected chi connectivity index (χ4v) is 0.530. The first kappa shape index (κ1) is 8.67. The lowest BCUT2D eigenvalue weighted by Gasteiger charge is -2.03. The summed E-state index contributed by atoms with van der Waals surface area (Å²) in [5, 5.41) is 0. The van der Waals surface area contributed by atoms with Crippen molar-refractivity contribution in [1.82, 2.24) is 0 Å². The van der Waals surface area contributed by atoms with Crippen LogP contribution in [0, 0.1) is 0 Å². The number of rotatable bonds is 0. The molecule has 0 N–H and O–H groups in total. The molecular formula is C8H10O4. The summed E-state index contributed by atoms with van der Waals surface area (Å²) in [6, 6.07) is 0. The maximum Gasteiger partial charge on any atom is 0.188 e. The summed E-state index contributed by atoms with van der Waals surface area (Å²) < 4.78 is 18.6. The van der Waals surface area contributed by atoms with E-state index < -0.39 is 0 Å². The topological polar surface area (TPSA) is 36.9 Å². The number of hydrogen-bond donors (Lipinski definition) is 0. The molecule has 0 aromatic heterocycles. The predicted molar refractivity (Wildman–Crippen MR) is 41.5 cm³/mol. The fraction of sp³-hybridized carbons (Fsp3) is 0.250. The van der Waals surface area contributed by atoms with Gasteiger partial charge in [-0.05, 0) is 6.08 Å². The zero-order valence-corrected chi connectivity index (χ0v) is 6.51. The Morgan fingerprint density at radius 1 is 0.833 bits per heavy atom. The summed E-state index contributed by atoms with van der Waals surface area (Å²) in [5.74, 6) is 0. The molecule has 66 valence electrons. The highest BCUT2D eigenvalue weighted by molar-refractivity contribution is 4.77.